The largest absolute Gasteiger partial charge is 0.426 e. The van der Waals surface area contributed by atoms with Crippen LogP contribution in [0, 0.1) is 0 Å². The SMILES string of the molecule is CCC[C@@H](NC(=O)[C@]1(C)CSC(C(C)=O)=N1)c1cc(N(CC)CC)cc(=O)o1. The third-order valence-corrected chi connectivity index (χ3v) is 6.12. The fourth-order valence-corrected chi connectivity index (χ4v) is 4.19. The minimum absolute atomic E-state index is 0.135. The normalized spacial score (nSPS) is 19.8. The van der Waals surface area contributed by atoms with Gasteiger partial charge in [0.15, 0.2) is 5.78 Å². The predicted molar refractivity (Wildman–Crippen MR) is 113 cm³/mol. The zero-order valence-corrected chi connectivity index (χ0v) is 18.0. The van der Waals surface area contributed by atoms with Crippen LogP contribution in [0.3, 0.4) is 0 Å². The third kappa shape index (κ3) is 5.04. The van der Waals surface area contributed by atoms with E-state index in [1.807, 2.05) is 26.8 Å². The molecule has 0 bridgehead atoms. The Kier molecular flexibility index (Phi) is 7.46. The van der Waals surface area contributed by atoms with Gasteiger partial charge in [-0.1, -0.05) is 13.3 Å². The molecule has 2 heterocycles. The summed E-state index contributed by atoms with van der Waals surface area (Å²) in [4.78, 5) is 43.0. The van der Waals surface area contributed by atoms with Gasteiger partial charge in [-0.15, -0.1) is 11.8 Å². The molecule has 2 rings (SSSR count). The molecule has 7 nitrogen and oxygen atoms in total. The first kappa shape index (κ1) is 22.2. The van der Waals surface area contributed by atoms with Crippen LogP contribution in [0.1, 0.15) is 59.3 Å². The molecule has 0 radical (unpaired) electrons. The molecule has 0 aliphatic carbocycles. The van der Waals surface area contributed by atoms with Gasteiger partial charge in [0, 0.05) is 43.6 Å². The van der Waals surface area contributed by atoms with E-state index >= 15 is 0 Å². The summed E-state index contributed by atoms with van der Waals surface area (Å²) in [5, 5.41) is 3.36. The van der Waals surface area contributed by atoms with Gasteiger partial charge >= 0.3 is 5.63 Å². The minimum atomic E-state index is -1.01. The molecule has 1 aromatic rings. The Morgan fingerprint density at radius 3 is 2.54 bits per heavy atom. The summed E-state index contributed by atoms with van der Waals surface area (Å²) < 4.78 is 5.44. The van der Waals surface area contributed by atoms with Gasteiger partial charge in [0.2, 0.25) is 5.91 Å². The molecule has 0 saturated carbocycles. The number of hydrogen-bond donors (Lipinski definition) is 1. The lowest BCUT2D eigenvalue weighted by molar-refractivity contribution is -0.125. The molecule has 1 aromatic heterocycles. The fourth-order valence-electron chi connectivity index (χ4n) is 3.11. The lowest BCUT2D eigenvalue weighted by Crippen LogP contribution is -2.45. The molecule has 8 heteroatoms. The Hall–Kier alpha value is -2.09. The van der Waals surface area contributed by atoms with E-state index in [1.54, 1.807) is 6.92 Å². The summed E-state index contributed by atoms with van der Waals surface area (Å²) in [7, 11) is 0. The molecule has 1 N–H and O–H groups in total. The number of thioether (sulfide) groups is 1. The third-order valence-electron chi connectivity index (χ3n) is 4.76. The highest BCUT2D eigenvalue weighted by Crippen LogP contribution is 2.30. The number of hydrogen-bond acceptors (Lipinski definition) is 7. The van der Waals surface area contributed by atoms with Crippen LogP contribution in [0.25, 0.3) is 0 Å². The van der Waals surface area contributed by atoms with Gasteiger partial charge in [-0.25, -0.2) is 4.79 Å². The van der Waals surface area contributed by atoms with Crippen LogP contribution < -0.4 is 15.8 Å². The lowest BCUT2D eigenvalue weighted by Gasteiger charge is -2.25. The molecular formula is C20H29N3O4S. The van der Waals surface area contributed by atoms with Gasteiger partial charge < -0.3 is 14.6 Å². The van der Waals surface area contributed by atoms with Crippen molar-refractivity contribution in [2.75, 3.05) is 23.7 Å². The van der Waals surface area contributed by atoms with Crippen LogP contribution in [0.15, 0.2) is 26.3 Å². The van der Waals surface area contributed by atoms with Crippen molar-refractivity contribution in [2.45, 2.75) is 59.0 Å². The van der Waals surface area contributed by atoms with Crippen molar-refractivity contribution >= 4 is 34.2 Å². The maximum absolute atomic E-state index is 12.9. The van der Waals surface area contributed by atoms with Crippen molar-refractivity contribution in [2.24, 2.45) is 4.99 Å². The number of carbonyl (C=O) groups is 2. The van der Waals surface area contributed by atoms with E-state index in [9.17, 15) is 14.4 Å². The summed E-state index contributed by atoms with van der Waals surface area (Å²) in [5.74, 6) is 0.445. The average molecular weight is 408 g/mol. The number of ketones is 1. The van der Waals surface area contributed by atoms with Gasteiger partial charge in [0.05, 0.1) is 6.04 Å². The van der Waals surface area contributed by atoms with Crippen molar-refractivity contribution in [3.63, 3.8) is 0 Å². The smallest absolute Gasteiger partial charge is 0.338 e. The average Bonchev–Trinajstić information content (AvgIpc) is 3.06. The summed E-state index contributed by atoms with van der Waals surface area (Å²) in [6, 6.07) is 2.86. The Morgan fingerprint density at radius 2 is 2.00 bits per heavy atom. The van der Waals surface area contributed by atoms with Crippen molar-refractivity contribution in [1.29, 1.82) is 0 Å². The minimum Gasteiger partial charge on any atom is -0.426 e. The predicted octanol–water partition coefficient (Wildman–Crippen LogP) is 2.94. The van der Waals surface area contributed by atoms with Crippen molar-refractivity contribution < 1.29 is 14.0 Å². The molecule has 1 amide bonds. The Bertz CT molecular complexity index is 816. The van der Waals surface area contributed by atoms with Gasteiger partial charge in [-0.3, -0.25) is 14.6 Å². The molecular weight excluding hydrogens is 378 g/mol. The standard InChI is InChI=1S/C20H29N3O4S/c1-6-9-15(16-10-14(11-17(25)27-16)23(7-2)8-3)21-19(26)20(5)12-28-18(22-20)13(4)24/h10-11,15H,6-9,12H2,1-5H3,(H,21,26)/t15-,20+/m1/s1. The van der Waals surface area contributed by atoms with Crippen molar-refractivity contribution in [3.8, 4) is 0 Å². The molecule has 1 aliphatic rings. The number of amides is 1. The number of nitrogens with one attached hydrogen (secondary N) is 1. The van der Waals surface area contributed by atoms with E-state index in [0.29, 0.717) is 23.0 Å². The van der Waals surface area contributed by atoms with E-state index in [0.717, 1.165) is 25.2 Å². The van der Waals surface area contributed by atoms with E-state index < -0.39 is 17.2 Å². The number of Topliss-reactive ketones (excluding diaryl/α,β-unsaturated/α-hetero) is 1. The van der Waals surface area contributed by atoms with Gasteiger partial charge in [0.1, 0.15) is 16.3 Å². The first-order chi connectivity index (χ1) is 13.2. The number of aliphatic imine (C=N–C) groups is 1. The van der Waals surface area contributed by atoms with E-state index in [2.05, 4.69) is 15.2 Å². The highest BCUT2D eigenvalue weighted by atomic mass is 32.2. The summed E-state index contributed by atoms with van der Waals surface area (Å²) in [6.45, 7) is 10.7. The summed E-state index contributed by atoms with van der Waals surface area (Å²) >= 11 is 1.30. The Balaban J connectivity index is 2.30. The van der Waals surface area contributed by atoms with E-state index in [-0.39, 0.29) is 11.7 Å². The van der Waals surface area contributed by atoms with Crippen LogP contribution in [0.2, 0.25) is 0 Å². The molecule has 1 aliphatic heterocycles. The molecule has 154 valence electrons. The van der Waals surface area contributed by atoms with Crippen molar-refractivity contribution in [3.05, 3.63) is 28.3 Å². The second-order valence-electron chi connectivity index (χ2n) is 7.06. The van der Waals surface area contributed by atoms with Gasteiger partial charge in [-0.05, 0) is 27.2 Å². The summed E-state index contributed by atoms with van der Waals surface area (Å²) in [6.07, 6.45) is 1.43. The van der Waals surface area contributed by atoms with Crippen molar-refractivity contribution in [1.82, 2.24) is 5.32 Å². The Labute approximate surface area is 170 Å². The molecule has 2 atom stereocenters. The maximum Gasteiger partial charge on any atom is 0.338 e. The van der Waals surface area contributed by atoms with Crippen LogP contribution in [-0.4, -0.2) is 41.1 Å². The maximum atomic E-state index is 12.9. The van der Waals surface area contributed by atoms with Crippen LogP contribution in [0.4, 0.5) is 5.69 Å². The van der Waals surface area contributed by atoms with Crippen LogP contribution in [0.5, 0.6) is 0 Å². The summed E-state index contributed by atoms with van der Waals surface area (Å²) in [5.41, 5.74) is -0.658. The molecule has 0 aromatic carbocycles. The number of nitrogens with zero attached hydrogens (tertiary/aromatic N) is 2. The highest BCUT2D eigenvalue weighted by molar-refractivity contribution is 8.16. The second kappa shape index (κ2) is 9.41. The zero-order valence-electron chi connectivity index (χ0n) is 17.2. The number of rotatable bonds is 9. The highest BCUT2D eigenvalue weighted by Gasteiger charge is 2.40. The monoisotopic (exact) mass is 407 g/mol. The molecule has 0 saturated heterocycles. The topological polar surface area (TPSA) is 92.0 Å². The molecule has 0 fully saturated rings. The fraction of sp³-hybridized carbons (Fsp3) is 0.600. The van der Waals surface area contributed by atoms with Gasteiger partial charge in [-0.2, -0.15) is 0 Å². The van der Waals surface area contributed by atoms with E-state index in [1.165, 1.54) is 24.8 Å². The quantitative estimate of drug-likeness (QED) is 0.677. The molecule has 0 spiro atoms. The van der Waals surface area contributed by atoms with Crippen LogP contribution in [-0.2, 0) is 9.59 Å². The number of anilines is 1. The lowest BCUT2D eigenvalue weighted by atomic mass is 10.0. The Morgan fingerprint density at radius 1 is 1.32 bits per heavy atom. The molecule has 0 unspecified atom stereocenters. The van der Waals surface area contributed by atoms with Gasteiger partial charge in [0.25, 0.3) is 0 Å². The van der Waals surface area contributed by atoms with Crippen LogP contribution >= 0.6 is 11.8 Å². The van der Waals surface area contributed by atoms with E-state index in [4.69, 9.17) is 4.42 Å². The zero-order chi connectivity index (χ0) is 20.9. The second-order valence-corrected chi connectivity index (χ2v) is 8.02. The first-order valence-corrected chi connectivity index (χ1v) is 10.7. The first-order valence-electron chi connectivity index (χ1n) is 9.68. The molecule has 28 heavy (non-hydrogen) atoms. The number of carbonyl (C=O) groups excluding carboxylic acids is 2.